The first-order valence-corrected chi connectivity index (χ1v) is 17.2. The van der Waals surface area contributed by atoms with Crippen molar-refractivity contribution in [3.8, 4) is 0 Å². The molecule has 224 valence electrons. The molecule has 4 rings (SSSR count). The zero-order chi connectivity index (χ0) is 30.5. The summed E-state index contributed by atoms with van der Waals surface area (Å²) in [5, 5.41) is 0. The Labute approximate surface area is 247 Å². The van der Waals surface area contributed by atoms with Crippen LogP contribution >= 0.6 is 0 Å². The van der Waals surface area contributed by atoms with Crippen LogP contribution in [0.25, 0.3) is 0 Å². The van der Waals surface area contributed by atoms with Crippen molar-refractivity contribution in [3.05, 3.63) is 11.6 Å². The van der Waals surface area contributed by atoms with Crippen molar-refractivity contribution in [2.45, 2.75) is 170 Å². The van der Waals surface area contributed by atoms with Gasteiger partial charge >= 0.3 is 5.97 Å². The van der Waals surface area contributed by atoms with Crippen LogP contribution in [0.15, 0.2) is 11.6 Å². The number of rotatable bonds is 14. The van der Waals surface area contributed by atoms with E-state index in [1.54, 1.807) is 5.57 Å². The van der Waals surface area contributed by atoms with Gasteiger partial charge in [-0.05, 0) is 97.7 Å². The zero-order valence-electron chi connectivity index (χ0n) is 29.4. The predicted octanol–water partition coefficient (Wildman–Crippen LogP) is 11.1. The number of hydrogen-bond donors (Lipinski definition) is 0. The lowest BCUT2D eigenvalue weighted by atomic mass is 9.47. The largest absolute Gasteiger partial charge is 0.462 e. The van der Waals surface area contributed by atoms with Gasteiger partial charge in [-0.15, -0.1) is 0 Å². The molecular formula is C37H64O2. The van der Waals surface area contributed by atoms with E-state index in [2.05, 4.69) is 40.7 Å². The molecule has 39 heavy (non-hydrogen) atoms. The predicted molar refractivity (Wildman–Crippen MR) is 166 cm³/mol. The molecule has 0 saturated heterocycles. The molecule has 0 aliphatic heterocycles. The van der Waals surface area contributed by atoms with Crippen LogP contribution in [0.5, 0.6) is 0 Å². The van der Waals surface area contributed by atoms with Crippen molar-refractivity contribution >= 4 is 5.97 Å². The van der Waals surface area contributed by atoms with Gasteiger partial charge in [0.15, 0.2) is 0 Å². The molecule has 0 aromatic carbocycles. The van der Waals surface area contributed by atoms with Crippen molar-refractivity contribution in [1.29, 1.82) is 0 Å². The van der Waals surface area contributed by atoms with E-state index in [0.717, 1.165) is 86.9 Å². The fraction of sp³-hybridized carbons (Fsp3) is 0.919. The molecule has 0 amide bonds. The Balaban J connectivity index is 1.23. The third-order valence-electron chi connectivity index (χ3n) is 12.4. The van der Waals surface area contributed by atoms with Gasteiger partial charge in [-0.25, -0.2) is 0 Å². The molecule has 2 heteroatoms. The summed E-state index contributed by atoms with van der Waals surface area (Å²) in [5.74, 6) is 5.11. The molecule has 0 radical (unpaired) electrons. The maximum absolute atomic E-state index is 12.7. The van der Waals surface area contributed by atoms with E-state index in [4.69, 9.17) is 8.85 Å². The third-order valence-corrected chi connectivity index (χ3v) is 12.4. The highest BCUT2D eigenvalue weighted by Gasteiger charge is 2.59. The maximum atomic E-state index is 12.7. The summed E-state index contributed by atoms with van der Waals surface area (Å²) in [6.45, 7) is 10.7. The molecular weight excluding hydrogens is 476 g/mol. The third kappa shape index (κ3) is 7.17. The second-order valence-electron chi connectivity index (χ2n) is 15.3. The molecule has 8 atom stereocenters. The molecule has 0 heterocycles. The minimum Gasteiger partial charge on any atom is -0.462 e. The first-order chi connectivity index (χ1) is 19.8. The number of carbonyl (C=O) groups is 1. The number of hydrogen-bond acceptors (Lipinski definition) is 2. The molecule has 0 spiro atoms. The van der Waals surface area contributed by atoms with Gasteiger partial charge in [0.2, 0.25) is 0 Å². The lowest BCUT2D eigenvalue weighted by Gasteiger charge is -2.58. The van der Waals surface area contributed by atoms with Gasteiger partial charge in [0.05, 0.1) is 0 Å². The van der Waals surface area contributed by atoms with Gasteiger partial charge in [-0.3, -0.25) is 4.79 Å². The summed E-state index contributed by atoms with van der Waals surface area (Å²) < 4.78 is 27.9. The molecule has 2 nitrogen and oxygen atoms in total. The second kappa shape index (κ2) is 13.9. The van der Waals surface area contributed by atoms with Crippen LogP contribution in [0.1, 0.15) is 168 Å². The van der Waals surface area contributed by atoms with Crippen LogP contribution in [-0.4, -0.2) is 12.1 Å². The topological polar surface area (TPSA) is 26.3 Å². The molecule has 0 aromatic heterocycles. The monoisotopic (exact) mass is 544 g/mol. The van der Waals surface area contributed by atoms with E-state index < -0.39 is 6.85 Å². The number of unbranched alkanes of at least 4 members (excludes halogenated alkanes) is 5. The van der Waals surface area contributed by atoms with Crippen molar-refractivity contribution in [3.63, 3.8) is 0 Å². The SMILES string of the molecule is [2H]C([2H])([2H])CCCCCCCCC(=O)O[C@H]1CC[C@@]2(C)C(=CC[C@H]3[C@@H]4CC[C@H]([C@H](C)CCCC(C)C)[C@@]4(C)CC[C@@H]32)C1. The minimum atomic E-state index is -1.79. The Morgan fingerprint density at radius 3 is 2.49 bits per heavy atom. The Kier molecular flexibility index (Phi) is 9.66. The average molecular weight is 544 g/mol. The highest BCUT2D eigenvalue weighted by Crippen LogP contribution is 2.67. The Hall–Kier alpha value is -0.790. The molecule has 4 aliphatic rings. The Morgan fingerprint density at radius 1 is 0.949 bits per heavy atom. The summed E-state index contributed by atoms with van der Waals surface area (Å²) in [5.41, 5.74) is 2.43. The van der Waals surface area contributed by atoms with E-state index in [-0.39, 0.29) is 12.1 Å². The molecule has 0 N–H and O–H groups in total. The van der Waals surface area contributed by atoms with E-state index in [1.807, 2.05) is 0 Å². The van der Waals surface area contributed by atoms with Crippen molar-refractivity contribution in [2.24, 2.45) is 46.3 Å². The van der Waals surface area contributed by atoms with Crippen LogP contribution in [-0.2, 0) is 9.53 Å². The smallest absolute Gasteiger partial charge is 0.306 e. The summed E-state index contributed by atoms with van der Waals surface area (Å²) in [6, 6.07) is 0. The minimum absolute atomic E-state index is 0.0202. The number of fused-ring (bicyclic) bond motifs is 5. The first kappa shape index (κ1) is 27.1. The van der Waals surface area contributed by atoms with E-state index in [0.29, 0.717) is 23.7 Å². The van der Waals surface area contributed by atoms with Crippen LogP contribution in [0.2, 0.25) is 0 Å². The summed E-state index contributed by atoms with van der Waals surface area (Å²) in [6.07, 6.45) is 23.6. The number of ether oxygens (including phenoxy) is 1. The summed E-state index contributed by atoms with van der Waals surface area (Å²) in [7, 11) is 0. The van der Waals surface area contributed by atoms with E-state index in [9.17, 15) is 4.79 Å². The molecule has 0 aromatic rings. The van der Waals surface area contributed by atoms with E-state index >= 15 is 0 Å². The molecule has 4 aliphatic carbocycles. The van der Waals surface area contributed by atoms with Gasteiger partial charge in [-0.2, -0.15) is 0 Å². The quantitative estimate of drug-likeness (QED) is 0.124. The van der Waals surface area contributed by atoms with Gasteiger partial charge in [0.25, 0.3) is 0 Å². The van der Waals surface area contributed by atoms with Crippen molar-refractivity contribution in [1.82, 2.24) is 0 Å². The fourth-order valence-corrected chi connectivity index (χ4v) is 10.1. The average Bonchev–Trinajstić information content (AvgIpc) is 3.27. The standard InChI is InChI=1S/C37H64O2/c1-7-8-9-10-11-12-13-17-35(38)39-30-22-24-36(5)29(26-30)18-19-31-33-21-20-32(28(4)16-14-15-27(2)3)37(33,6)25-23-34(31)36/h18,27-28,30-34H,7-17,19-26H2,1-6H3/t28-,30+,31+,32-,33+,34+,36+,37-/m1/s1/i1D3. The second-order valence-corrected chi connectivity index (χ2v) is 15.3. The lowest BCUT2D eigenvalue weighted by molar-refractivity contribution is -0.151. The zero-order valence-corrected chi connectivity index (χ0v) is 26.4. The highest BCUT2D eigenvalue weighted by atomic mass is 16.5. The number of esters is 1. The van der Waals surface area contributed by atoms with Gasteiger partial charge in [0.1, 0.15) is 6.10 Å². The normalized spacial score (nSPS) is 38.1. The van der Waals surface area contributed by atoms with Gasteiger partial charge in [0, 0.05) is 17.0 Å². The van der Waals surface area contributed by atoms with Crippen molar-refractivity contribution < 1.29 is 13.6 Å². The first-order valence-electron chi connectivity index (χ1n) is 18.7. The fourth-order valence-electron chi connectivity index (χ4n) is 10.1. The summed E-state index contributed by atoms with van der Waals surface area (Å²) in [4.78, 5) is 12.7. The van der Waals surface area contributed by atoms with Crippen LogP contribution in [0, 0.1) is 46.3 Å². The number of carbonyl (C=O) groups excluding carboxylic acids is 1. The molecule has 3 fully saturated rings. The summed E-state index contributed by atoms with van der Waals surface area (Å²) >= 11 is 0. The Morgan fingerprint density at radius 2 is 1.72 bits per heavy atom. The van der Waals surface area contributed by atoms with Crippen molar-refractivity contribution in [2.75, 3.05) is 0 Å². The number of allylic oxidation sites excluding steroid dienone is 1. The molecule has 0 bridgehead atoms. The van der Waals surface area contributed by atoms with Gasteiger partial charge in [-0.1, -0.05) is 111 Å². The van der Waals surface area contributed by atoms with Crippen LogP contribution < -0.4 is 0 Å². The molecule has 3 saturated carbocycles. The van der Waals surface area contributed by atoms with Crippen LogP contribution in [0.4, 0.5) is 0 Å². The van der Waals surface area contributed by atoms with Crippen LogP contribution in [0.3, 0.4) is 0 Å². The van der Waals surface area contributed by atoms with Gasteiger partial charge < -0.3 is 4.74 Å². The molecule has 0 unspecified atom stereocenters. The van der Waals surface area contributed by atoms with E-state index in [1.165, 1.54) is 57.8 Å². The lowest BCUT2D eigenvalue weighted by Crippen LogP contribution is -2.51. The Bertz CT molecular complexity index is 909. The highest BCUT2D eigenvalue weighted by molar-refractivity contribution is 5.69. The maximum Gasteiger partial charge on any atom is 0.306 e.